The Morgan fingerprint density at radius 2 is 1.09 bits per heavy atom. The molecule has 2 heteroatoms. The number of benzene rings is 7. The molecular formula is C51H39NO. The molecule has 0 aromatic heterocycles. The Kier molecular flexibility index (Phi) is 6.30. The fraction of sp³-hybridized carbons (Fsp3) is 0.137. The van der Waals surface area contributed by atoms with Crippen molar-refractivity contribution in [1.29, 1.82) is 0 Å². The Morgan fingerprint density at radius 1 is 0.509 bits per heavy atom. The van der Waals surface area contributed by atoms with Crippen molar-refractivity contribution in [3.63, 3.8) is 0 Å². The first kappa shape index (κ1) is 30.5. The van der Waals surface area contributed by atoms with Crippen molar-refractivity contribution in [3.8, 4) is 33.8 Å². The second-order valence-electron chi connectivity index (χ2n) is 15.6. The van der Waals surface area contributed by atoms with Crippen molar-refractivity contribution >= 4 is 22.1 Å². The molecule has 2 nitrogen and oxygen atoms in total. The number of hydrogen-bond acceptors (Lipinski definition) is 2. The first-order valence-corrected chi connectivity index (χ1v) is 18.9. The summed E-state index contributed by atoms with van der Waals surface area (Å²) in [6.07, 6.45) is 9.17. The molecule has 0 saturated heterocycles. The molecule has 11 rings (SSSR count). The van der Waals surface area contributed by atoms with E-state index in [-0.39, 0.29) is 11.5 Å². The van der Waals surface area contributed by atoms with E-state index in [9.17, 15) is 0 Å². The molecule has 0 radical (unpaired) electrons. The molecule has 2 unspecified atom stereocenters. The van der Waals surface area contributed by atoms with Crippen molar-refractivity contribution in [2.24, 2.45) is 5.92 Å². The summed E-state index contributed by atoms with van der Waals surface area (Å²) in [5.41, 5.74) is 14.8. The summed E-state index contributed by atoms with van der Waals surface area (Å²) >= 11 is 0. The predicted octanol–water partition coefficient (Wildman–Crippen LogP) is 12.9. The van der Waals surface area contributed by atoms with Crippen LogP contribution in [0.5, 0.6) is 11.5 Å². The zero-order chi connectivity index (χ0) is 35.5. The van der Waals surface area contributed by atoms with Crippen LogP contribution in [0.1, 0.15) is 54.2 Å². The van der Waals surface area contributed by atoms with Crippen LogP contribution in [0.15, 0.2) is 170 Å². The molecule has 254 valence electrons. The SMILES string of the molecule is CC1C=CC=CC1N(c1ccc2c(c1)C1(c3ccccc3Oc3ccccc31)c1ccccc1-2)c1cc2c(c3ccccc13)-c1ccccc1C2(C)C. The molecule has 7 aromatic rings. The molecule has 0 saturated carbocycles. The summed E-state index contributed by atoms with van der Waals surface area (Å²) in [7, 11) is 0. The summed E-state index contributed by atoms with van der Waals surface area (Å²) < 4.78 is 6.66. The van der Waals surface area contributed by atoms with E-state index in [1.165, 1.54) is 77.8 Å². The van der Waals surface area contributed by atoms with E-state index in [1.807, 2.05) is 0 Å². The molecule has 1 aliphatic heterocycles. The number of rotatable bonds is 3. The number of allylic oxidation sites excluding steroid dienone is 2. The zero-order valence-corrected chi connectivity index (χ0v) is 30.2. The Balaban J connectivity index is 1.22. The summed E-state index contributed by atoms with van der Waals surface area (Å²) in [4.78, 5) is 2.64. The van der Waals surface area contributed by atoms with Gasteiger partial charge in [0.25, 0.3) is 0 Å². The molecule has 1 heterocycles. The van der Waals surface area contributed by atoms with Crippen molar-refractivity contribution in [3.05, 3.63) is 203 Å². The largest absolute Gasteiger partial charge is 0.457 e. The van der Waals surface area contributed by atoms with Crippen LogP contribution in [-0.2, 0) is 10.8 Å². The highest BCUT2D eigenvalue weighted by Crippen LogP contribution is 2.63. The van der Waals surface area contributed by atoms with Gasteiger partial charge in [0.1, 0.15) is 11.5 Å². The Morgan fingerprint density at radius 3 is 1.83 bits per heavy atom. The number of ether oxygens (including phenoxy) is 1. The predicted molar refractivity (Wildman–Crippen MR) is 219 cm³/mol. The molecular weight excluding hydrogens is 643 g/mol. The lowest BCUT2D eigenvalue weighted by Crippen LogP contribution is -2.36. The van der Waals surface area contributed by atoms with E-state index in [1.54, 1.807) is 0 Å². The van der Waals surface area contributed by atoms with Gasteiger partial charge in [-0.15, -0.1) is 0 Å². The van der Waals surface area contributed by atoms with Crippen molar-refractivity contribution < 1.29 is 4.74 Å². The molecule has 0 amide bonds. The molecule has 2 atom stereocenters. The Labute approximate surface area is 311 Å². The third-order valence-corrected chi connectivity index (χ3v) is 12.6. The minimum Gasteiger partial charge on any atom is -0.457 e. The third kappa shape index (κ3) is 3.99. The monoisotopic (exact) mass is 681 g/mol. The van der Waals surface area contributed by atoms with Gasteiger partial charge in [0, 0.05) is 33.3 Å². The lowest BCUT2D eigenvalue weighted by Gasteiger charge is -2.41. The molecule has 0 N–H and O–H groups in total. The van der Waals surface area contributed by atoms with Crippen LogP contribution in [-0.4, -0.2) is 6.04 Å². The van der Waals surface area contributed by atoms with Crippen LogP contribution < -0.4 is 9.64 Å². The number of fused-ring (bicyclic) bond motifs is 14. The first-order chi connectivity index (χ1) is 26.0. The molecule has 1 spiro atoms. The van der Waals surface area contributed by atoms with Gasteiger partial charge >= 0.3 is 0 Å². The van der Waals surface area contributed by atoms with Gasteiger partial charge in [0.05, 0.1) is 11.5 Å². The maximum atomic E-state index is 6.66. The van der Waals surface area contributed by atoms with E-state index in [2.05, 4.69) is 196 Å². The number of anilines is 2. The quantitative estimate of drug-likeness (QED) is 0.184. The van der Waals surface area contributed by atoms with E-state index >= 15 is 0 Å². The second-order valence-corrected chi connectivity index (χ2v) is 15.6. The molecule has 0 fully saturated rings. The van der Waals surface area contributed by atoms with Gasteiger partial charge in [0.2, 0.25) is 0 Å². The molecule has 4 aliphatic rings. The number of nitrogens with zero attached hydrogens (tertiary/aromatic N) is 1. The van der Waals surface area contributed by atoms with E-state index < -0.39 is 5.41 Å². The van der Waals surface area contributed by atoms with E-state index in [0.717, 1.165) is 11.5 Å². The topological polar surface area (TPSA) is 12.5 Å². The fourth-order valence-electron chi connectivity index (χ4n) is 10.2. The van der Waals surface area contributed by atoms with Gasteiger partial charge in [-0.25, -0.2) is 0 Å². The highest BCUT2D eigenvalue weighted by Gasteiger charge is 2.51. The van der Waals surface area contributed by atoms with Crippen LogP contribution in [0.25, 0.3) is 33.0 Å². The third-order valence-electron chi connectivity index (χ3n) is 12.6. The van der Waals surface area contributed by atoms with Gasteiger partial charge in [-0.1, -0.05) is 160 Å². The minimum atomic E-state index is -0.531. The highest BCUT2D eigenvalue weighted by atomic mass is 16.5. The Bertz CT molecular complexity index is 2680. The van der Waals surface area contributed by atoms with Crippen LogP contribution in [0.3, 0.4) is 0 Å². The molecule has 3 aliphatic carbocycles. The Hall–Kier alpha value is -6.12. The van der Waals surface area contributed by atoms with Gasteiger partial charge in [-0.2, -0.15) is 0 Å². The fourth-order valence-corrected chi connectivity index (χ4v) is 10.2. The van der Waals surface area contributed by atoms with Gasteiger partial charge < -0.3 is 9.64 Å². The summed E-state index contributed by atoms with van der Waals surface area (Å²) in [6, 6.07) is 54.2. The smallest absolute Gasteiger partial charge is 0.132 e. The number of para-hydroxylation sites is 2. The molecule has 53 heavy (non-hydrogen) atoms. The van der Waals surface area contributed by atoms with Crippen LogP contribution in [0.2, 0.25) is 0 Å². The van der Waals surface area contributed by atoms with Gasteiger partial charge in [-0.05, 0) is 86.1 Å². The minimum absolute atomic E-state index is 0.111. The maximum absolute atomic E-state index is 6.66. The number of hydrogen-bond donors (Lipinski definition) is 0. The van der Waals surface area contributed by atoms with E-state index in [4.69, 9.17) is 4.74 Å². The second kappa shape index (κ2) is 10.9. The summed E-state index contributed by atoms with van der Waals surface area (Å²) in [5, 5.41) is 2.58. The van der Waals surface area contributed by atoms with Crippen LogP contribution >= 0.6 is 0 Å². The van der Waals surface area contributed by atoms with Crippen LogP contribution in [0, 0.1) is 5.92 Å². The maximum Gasteiger partial charge on any atom is 0.132 e. The lowest BCUT2D eigenvalue weighted by atomic mass is 9.66. The zero-order valence-electron chi connectivity index (χ0n) is 30.2. The average Bonchev–Trinajstić information content (AvgIpc) is 3.61. The van der Waals surface area contributed by atoms with Gasteiger partial charge in [0.15, 0.2) is 0 Å². The summed E-state index contributed by atoms with van der Waals surface area (Å²) in [5.74, 6) is 2.12. The van der Waals surface area contributed by atoms with E-state index in [0.29, 0.717) is 5.92 Å². The first-order valence-electron chi connectivity index (χ1n) is 18.9. The normalized spacial score (nSPS) is 18.8. The average molecular weight is 682 g/mol. The lowest BCUT2D eigenvalue weighted by molar-refractivity contribution is 0.436. The molecule has 0 bridgehead atoms. The molecule has 7 aromatic carbocycles. The van der Waals surface area contributed by atoms with Crippen molar-refractivity contribution in [2.75, 3.05) is 4.90 Å². The standard InChI is InChI=1S/C51H39NO/c1-32-16-4-13-25-45(32)52(46-31-44-49(37-19-6-5-18-36(37)46)38-20-8-9-21-39(38)50(44,2)3)33-28-29-35-34-17-7-10-22-40(34)51(43(35)30-33)41-23-11-14-26-47(41)53-48-27-15-12-24-42(48)51/h4-32,45H,1-3H3. The summed E-state index contributed by atoms with van der Waals surface area (Å²) in [6.45, 7) is 7.13. The van der Waals surface area contributed by atoms with Crippen molar-refractivity contribution in [2.45, 2.75) is 37.6 Å². The van der Waals surface area contributed by atoms with Gasteiger partial charge in [-0.3, -0.25) is 0 Å². The highest BCUT2D eigenvalue weighted by molar-refractivity contribution is 6.09. The van der Waals surface area contributed by atoms with Crippen molar-refractivity contribution in [1.82, 2.24) is 0 Å². The van der Waals surface area contributed by atoms with Crippen LogP contribution in [0.4, 0.5) is 11.4 Å².